The molecule has 0 heterocycles. The molecule has 1 unspecified atom stereocenters. The highest BCUT2D eigenvalue weighted by molar-refractivity contribution is 5.92. The van der Waals surface area contributed by atoms with Crippen LogP contribution < -0.4 is 6.15 Å². The van der Waals surface area contributed by atoms with Crippen LogP contribution in [0.15, 0.2) is 24.3 Å². The summed E-state index contributed by atoms with van der Waals surface area (Å²) in [7, 11) is 0. The molecule has 0 aromatic heterocycles. The fourth-order valence-electron chi connectivity index (χ4n) is 3.75. The standard InChI is InChI=1S/C25H42O3.H3N/c1-3-5-7-8-9-11-17-22(16-10-6-4-2)18-14-15-21-28-25(27)23-19-12-13-20-24(23)26;/h12-13,19-20,22,26H,3-11,14-18,21H2,1-2H3;1H3. The number of carbonyl (C=O) groups excluding carboxylic acids is 1. The minimum Gasteiger partial charge on any atom is -0.507 e. The molecule has 0 fully saturated rings. The molecule has 0 aliphatic rings. The molecular formula is C25H45NO3. The molecule has 0 saturated heterocycles. The Kier molecular flexibility index (Phi) is 17.5. The van der Waals surface area contributed by atoms with Gasteiger partial charge in [-0.15, -0.1) is 0 Å². The van der Waals surface area contributed by atoms with E-state index >= 15 is 0 Å². The molecule has 0 bridgehead atoms. The third-order valence-corrected chi connectivity index (χ3v) is 5.55. The normalized spacial score (nSPS) is 11.7. The van der Waals surface area contributed by atoms with E-state index in [0.717, 1.165) is 18.8 Å². The summed E-state index contributed by atoms with van der Waals surface area (Å²) in [6, 6.07) is 6.55. The molecular weight excluding hydrogens is 362 g/mol. The van der Waals surface area contributed by atoms with Crippen molar-refractivity contribution in [2.75, 3.05) is 6.61 Å². The summed E-state index contributed by atoms with van der Waals surface area (Å²) >= 11 is 0. The molecule has 0 aliphatic heterocycles. The summed E-state index contributed by atoms with van der Waals surface area (Å²) in [4.78, 5) is 12.0. The van der Waals surface area contributed by atoms with Crippen molar-refractivity contribution in [3.63, 3.8) is 0 Å². The molecule has 0 radical (unpaired) electrons. The maximum Gasteiger partial charge on any atom is 0.341 e. The molecule has 0 aliphatic carbocycles. The van der Waals surface area contributed by atoms with Crippen LogP contribution in [0.3, 0.4) is 0 Å². The van der Waals surface area contributed by atoms with Crippen molar-refractivity contribution >= 4 is 5.97 Å². The number of esters is 1. The smallest absolute Gasteiger partial charge is 0.341 e. The second-order valence-corrected chi connectivity index (χ2v) is 8.07. The van der Waals surface area contributed by atoms with E-state index in [9.17, 15) is 9.90 Å². The van der Waals surface area contributed by atoms with E-state index in [4.69, 9.17) is 4.74 Å². The van der Waals surface area contributed by atoms with Crippen molar-refractivity contribution in [3.05, 3.63) is 29.8 Å². The fourth-order valence-corrected chi connectivity index (χ4v) is 3.75. The van der Waals surface area contributed by atoms with Gasteiger partial charge in [0.25, 0.3) is 0 Å². The van der Waals surface area contributed by atoms with Gasteiger partial charge in [0.1, 0.15) is 11.3 Å². The zero-order valence-corrected chi connectivity index (χ0v) is 19.0. The number of ether oxygens (including phenoxy) is 1. The van der Waals surface area contributed by atoms with Crippen LogP contribution in [0.2, 0.25) is 0 Å². The highest BCUT2D eigenvalue weighted by Gasteiger charge is 2.12. The zero-order chi connectivity index (χ0) is 20.5. The van der Waals surface area contributed by atoms with Crippen LogP contribution in [-0.2, 0) is 4.74 Å². The summed E-state index contributed by atoms with van der Waals surface area (Å²) in [6.45, 7) is 4.97. The van der Waals surface area contributed by atoms with E-state index in [1.807, 2.05) is 0 Å². The molecule has 29 heavy (non-hydrogen) atoms. The molecule has 4 N–H and O–H groups in total. The molecule has 1 rings (SSSR count). The third kappa shape index (κ3) is 13.3. The van der Waals surface area contributed by atoms with Gasteiger partial charge in [0.15, 0.2) is 0 Å². The number of hydrogen-bond donors (Lipinski definition) is 2. The van der Waals surface area contributed by atoms with Crippen molar-refractivity contribution in [3.8, 4) is 5.75 Å². The second kappa shape index (κ2) is 18.5. The summed E-state index contributed by atoms with van der Waals surface area (Å²) in [5.74, 6) is 0.388. The number of phenolic OH excluding ortho intramolecular Hbond substituents is 1. The highest BCUT2D eigenvalue weighted by atomic mass is 16.5. The molecule has 1 atom stereocenters. The quantitative estimate of drug-likeness (QED) is 0.204. The number of unbranched alkanes of at least 4 members (excludes halogenated alkanes) is 8. The highest BCUT2D eigenvalue weighted by Crippen LogP contribution is 2.24. The summed E-state index contributed by atoms with van der Waals surface area (Å²) in [5, 5.41) is 9.71. The molecule has 0 saturated carbocycles. The Bertz CT molecular complexity index is 519. The Balaban J connectivity index is 0.00000784. The van der Waals surface area contributed by atoms with Crippen molar-refractivity contribution in [2.45, 2.75) is 104 Å². The minimum absolute atomic E-state index is 0. The van der Waals surface area contributed by atoms with Gasteiger partial charge in [0.05, 0.1) is 6.61 Å². The van der Waals surface area contributed by atoms with Crippen LogP contribution in [0.5, 0.6) is 5.75 Å². The topological polar surface area (TPSA) is 81.5 Å². The molecule has 4 heteroatoms. The zero-order valence-electron chi connectivity index (χ0n) is 19.0. The predicted octanol–water partition coefficient (Wildman–Crippen LogP) is 7.83. The van der Waals surface area contributed by atoms with Crippen molar-refractivity contribution in [2.24, 2.45) is 5.92 Å². The van der Waals surface area contributed by atoms with Gasteiger partial charge in [-0.1, -0.05) is 103 Å². The largest absolute Gasteiger partial charge is 0.507 e. The molecule has 4 nitrogen and oxygen atoms in total. The molecule has 0 amide bonds. The number of rotatable bonds is 17. The Morgan fingerprint density at radius 3 is 2.00 bits per heavy atom. The first-order valence-corrected chi connectivity index (χ1v) is 11.6. The van der Waals surface area contributed by atoms with Gasteiger partial charge in [-0.25, -0.2) is 4.79 Å². The molecule has 1 aromatic carbocycles. The second-order valence-electron chi connectivity index (χ2n) is 8.07. The van der Waals surface area contributed by atoms with E-state index in [1.165, 1.54) is 83.1 Å². The average molecular weight is 408 g/mol. The van der Waals surface area contributed by atoms with Gasteiger partial charge in [-0.2, -0.15) is 0 Å². The number of aromatic hydroxyl groups is 1. The number of para-hydroxylation sites is 1. The van der Waals surface area contributed by atoms with Crippen molar-refractivity contribution in [1.82, 2.24) is 6.15 Å². The average Bonchev–Trinajstić information content (AvgIpc) is 2.70. The Hall–Kier alpha value is -1.55. The summed E-state index contributed by atoms with van der Waals surface area (Å²) < 4.78 is 5.33. The first-order valence-electron chi connectivity index (χ1n) is 11.6. The fraction of sp³-hybridized carbons (Fsp3) is 0.720. The van der Waals surface area contributed by atoms with Gasteiger partial charge >= 0.3 is 5.97 Å². The monoisotopic (exact) mass is 407 g/mol. The minimum atomic E-state index is -0.426. The Morgan fingerprint density at radius 1 is 0.828 bits per heavy atom. The third-order valence-electron chi connectivity index (χ3n) is 5.55. The lowest BCUT2D eigenvalue weighted by atomic mass is 9.90. The maximum atomic E-state index is 12.0. The van der Waals surface area contributed by atoms with E-state index in [-0.39, 0.29) is 17.5 Å². The number of benzene rings is 1. The van der Waals surface area contributed by atoms with Crippen LogP contribution in [0.1, 0.15) is 114 Å². The molecule has 1 aromatic rings. The van der Waals surface area contributed by atoms with Crippen LogP contribution >= 0.6 is 0 Å². The van der Waals surface area contributed by atoms with Crippen molar-refractivity contribution in [1.29, 1.82) is 0 Å². The number of hydrogen-bond acceptors (Lipinski definition) is 4. The first kappa shape index (κ1) is 27.5. The maximum absolute atomic E-state index is 12.0. The lowest BCUT2D eigenvalue weighted by Crippen LogP contribution is -2.07. The Morgan fingerprint density at radius 2 is 1.34 bits per heavy atom. The van der Waals surface area contributed by atoms with Crippen LogP contribution in [0, 0.1) is 5.92 Å². The molecule has 0 spiro atoms. The van der Waals surface area contributed by atoms with Crippen LogP contribution in [-0.4, -0.2) is 17.7 Å². The number of phenols is 1. The van der Waals surface area contributed by atoms with E-state index in [0.29, 0.717) is 6.61 Å². The van der Waals surface area contributed by atoms with E-state index < -0.39 is 5.97 Å². The van der Waals surface area contributed by atoms with Gasteiger partial charge in [0.2, 0.25) is 0 Å². The van der Waals surface area contributed by atoms with Gasteiger partial charge in [0, 0.05) is 0 Å². The lowest BCUT2D eigenvalue weighted by molar-refractivity contribution is 0.0493. The number of carbonyl (C=O) groups is 1. The Labute approximate surface area is 179 Å². The predicted molar refractivity (Wildman–Crippen MR) is 123 cm³/mol. The van der Waals surface area contributed by atoms with Gasteiger partial charge in [-0.3, -0.25) is 0 Å². The van der Waals surface area contributed by atoms with Crippen LogP contribution in [0.25, 0.3) is 0 Å². The van der Waals surface area contributed by atoms with E-state index in [1.54, 1.807) is 18.2 Å². The first-order chi connectivity index (χ1) is 13.7. The van der Waals surface area contributed by atoms with Crippen LogP contribution in [0.4, 0.5) is 0 Å². The summed E-state index contributed by atoms with van der Waals surface area (Å²) in [6.07, 6.45) is 18.1. The van der Waals surface area contributed by atoms with Crippen molar-refractivity contribution < 1.29 is 14.6 Å². The molecule has 168 valence electrons. The van der Waals surface area contributed by atoms with E-state index in [2.05, 4.69) is 13.8 Å². The summed E-state index contributed by atoms with van der Waals surface area (Å²) in [5.41, 5.74) is 0.253. The SMILES string of the molecule is CCCCCCCCC(CCCCC)CCCCOC(=O)c1ccccc1O.N. The lowest BCUT2D eigenvalue weighted by Gasteiger charge is -2.17. The van der Waals surface area contributed by atoms with Gasteiger partial charge in [-0.05, 0) is 30.9 Å². The van der Waals surface area contributed by atoms with Gasteiger partial charge < -0.3 is 16.0 Å².